The van der Waals surface area contributed by atoms with E-state index in [1.807, 2.05) is 0 Å². The van der Waals surface area contributed by atoms with Crippen LogP contribution >= 0.6 is 0 Å². The Hall–Kier alpha value is -1.27. The van der Waals surface area contributed by atoms with E-state index in [1.54, 1.807) is 13.0 Å². The van der Waals surface area contributed by atoms with Gasteiger partial charge in [-0.15, -0.1) is 13.2 Å². The number of rotatable bonds is 2. The van der Waals surface area contributed by atoms with E-state index in [4.69, 9.17) is 4.74 Å². The van der Waals surface area contributed by atoms with Gasteiger partial charge in [-0.1, -0.05) is 12.1 Å². The second-order valence-electron chi connectivity index (χ2n) is 4.26. The Morgan fingerprint density at radius 1 is 1.44 bits per heavy atom. The first-order chi connectivity index (χ1) is 8.31. The van der Waals surface area contributed by atoms with E-state index in [1.165, 1.54) is 18.2 Å². The molecule has 18 heavy (non-hydrogen) atoms. The zero-order valence-electron chi connectivity index (χ0n) is 9.70. The van der Waals surface area contributed by atoms with Crippen LogP contribution in [0.3, 0.4) is 0 Å². The first-order valence-electron chi connectivity index (χ1n) is 5.51. The number of ether oxygens (including phenoxy) is 2. The van der Waals surface area contributed by atoms with Gasteiger partial charge in [0.05, 0.1) is 12.7 Å². The van der Waals surface area contributed by atoms with Gasteiger partial charge in [-0.25, -0.2) is 0 Å². The molecule has 0 bridgehead atoms. The van der Waals surface area contributed by atoms with Crippen LogP contribution in [0.25, 0.3) is 0 Å². The van der Waals surface area contributed by atoms with E-state index in [2.05, 4.69) is 4.74 Å². The molecule has 0 aromatic heterocycles. The van der Waals surface area contributed by atoms with Crippen LogP contribution < -0.4 is 4.74 Å². The third kappa shape index (κ3) is 2.59. The van der Waals surface area contributed by atoms with E-state index >= 15 is 0 Å². The number of benzene rings is 1. The van der Waals surface area contributed by atoms with Crippen molar-refractivity contribution in [3.8, 4) is 5.75 Å². The van der Waals surface area contributed by atoms with Gasteiger partial charge in [0.2, 0.25) is 0 Å². The standard InChI is InChI=1S/C12H13F3O3/c1-8-11(16,5-6-17-8)9-3-2-4-10(7-9)18-12(13,14)15/h2-4,7-8,16H,5-6H2,1H3. The van der Waals surface area contributed by atoms with Crippen molar-refractivity contribution >= 4 is 0 Å². The van der Waals surface area contributed by atoms with Gasteiger partial charge >= 0.3 is 6.36 Å². The van der Waals surface area contributed by atoms with Crippen LogP contribution in [0.1, 0.15) is 18.9 Å². The molecule has 0 spiro atoms. The first kappa shape index (κ1) is 13.2. The summed E-state index contributed by atoms with van der Waals surface area (Å²) in [7, 11) is 0. The zero-order valence-corrected chi connectivity index (χ0v) is 9.70. The fourth-order valence-corrected chi connectivity index (χ4v) is 2.07. The fourth-order valence-electron chi connectivity index (χ4n) is 2.07. The summed E-state index contributed by atoms with van der Waals surface area (Å²) in [6.45, 7) is 2.06. The molecule has 2 atom stereocenters. The Bertz CT molecular complexity index is 433. The van der Waals surface area contributed by atoms with Crippen molar-refractivity contribution in [3.63, 3.8) is 0 Å². The molecule has 100 valence electrons. The maximum atomic E-state index is 12.1. The smallest absolute Gasteiger partial charge is 0.406 e. The Labute approximate surface area is 102 Å². The molecule has 2 unspecified atom stereocenters. The maximum Gasteiger partial charge on any atom is 0.573 e. The molecule has 0 radical (unpaired) electrons. The molecule has 2 rings (SSSR count). The molecule has 1 aromatic rings. The SMILES string of the molecule is CC1OCCC1(O)c1cccc(OC(F)(F)F)c1. The van der Waals surface area contributed by atoms with Crippen molar-refractivity contribution in [1.29, 1.82) is 0 Å². The molecule has 6 heteroatoms. The molecule has 0 aliphatic carbocycles. The van der Waals surface area contributed by atoms with Crippen LogP contribution in [-0.2, 0) is 10.3 Å². The minimum absolute atomic E-state index is 0.340. The van der Waals surface area contributed by atoms with Crippen molar-refractivity contribution in [2.45, 2.75) is 31.4 Å². The summed E-state index contributed by atoms with van der Waals surface area (Å²) in [5, 5.41) is 10.4. The lowest BCUT2D eigenvalue weighted by atomic mass is 9.88. The van der Waals surface area contributed by atoms with Gasteiger partial charge < -0.3 is 14.6 Å². The average Bonchev–Trinajstić information content (AvgIpc) is 2.58. The molecule has 0 amide bonds. The second kappa shape index (κ2) is 4.44. The maximum absolute atomic E-state index is 12.1. The topological polar surface area (TPSA) is 38.7 Å². The highest BCUT2D eigenvalue weighted by molar-refractivity contribution is 5.33. The van der Waals surface area contributed by atoms with Gasteiger partial charge in [0.25, 0.3) is 0 Å². The largest absolute Gasteiger partial charge is 0.573 e. The van der Waals surface area contributed by atoms with Crippen LogP contribution in [-0.4, -0.2) is 24.2 Å². The molecule has 3 nitrogen and oxygen atoms in total. The van der Waals surface area contributed by atoms with Crippen LogP contribution in [0.5, 0.6) is 5.75 Å². The molecular formula is C12H13F3O3. The first-order valence-corrected chi connectivity index (χ1v) is 5.51. The summed E-state index contributed by atoms with van der Waals surface area (Å²) >= 11 is 0. The zero-order chi connectivity index (χ0) is 13.4. The summed E-state index contributed by atoms with van der Waals surface area (Å²) in [6, 6.07) is 5.37. The summed E-state index contributed by atoms with van der Waals surface area (Å²) in [4.78, 5) is 0. The second-order valence-corrected chi connectivity index (χ2v) is 4.26. The minimum Gasteiger partial charge on any atom is -0.406 e. The van der Waals surface area contributed by atoms with E-state index in [0.29, 0.717) is 18.6 Å². The van der Waals surface area contributed by atoms with Gasteiger partial charge in [-0.05, 0) is 24.6 Å². The lowest BCUT2D eigenvalue weighted by Gasteiger charge is -2.26. The highest BCUT2D eigenvalue weighted by atomic mass is 19.4. The molecule has 1 fully saturated rings. The number of halogens is 3. The third-order valence-electron chi connectivity index (χ3n) is 3.09. The quantitative estimate of drug-likeness (QED) is 0.890. The van der Waals surface area contributed by atoms with E-state index in [-0.39, 0.29) is 5.75 Å². The molecule has 1 aromatic carbocycles. The van der Waals surface area contributed by atoms with E-state index < -0.39 is 18.1 Å². The summed E-state index contributed by atoms with van der Waals surface area (Å²) in [5.74, 6) is -0.340. The van der Waals surface area contributed by atoms with Gasteiger partial charge in [-0.3, -0.25) is 0 Å². The van der Waals surface area contributed by atoms with E-state index in [0.717, 1.165) is 0 Å². The Balaban J connectivity index is 2.27. The monoisotopic (exact) mass is 262 g/mol. The lowest BCUT2D eigenvalue weighted by molar-refractivity contribution is -0.274. The highest BCUT2D eigenvalue weighted by Gasteiger charge is 2.41. The minimum atomic E-state index is -4.74. The van der Waals surface area contributed by atoms with E-state index in [9.17, 15) is 18.3 Å². The van der Waals surface area contributed by atoms with Gasteiger partial charge in [0.15, 0.2) is 0 Å². The van der Waals surface area contributed by atoms with Crippen LogP contribution in [0.4, 0.5) is 13.2 Å². The number of hydrogen-bond acceptors (Lipinski definition) is 3. The van der Waals surface area contributed by atoms with Crippen molar-refractivity contribution in [3.05, 3.63) is 29.8 Å². The normalized spacial score (nSPS) is 28.4. The third-order valence-corrected chi connectivity index (χ3v) is 3.09. The fraction of sp³-hybridized carbons (Fsp3) is 0.500. The molecule has 1 aliphatic rings. The number of aliphatic hydroxyl groups is 1. The van der Waals surface area contributed by atoms with Crippen molar-refractivity contribution in [2.24, 2.45) is 0 Å². The summed E-state index contributed by atoms with van der Waals surface area (Å²) < 4.78 is 45.4. The Morgan fingerprint density at radius 3 is 2.72 bits per heavy atom. The molecule has 1 saturated heterocycles. The molecule has 0 saturated carbocycles. The highest BCUT2D eigenvalue weighted by Crippen LogP contribution is 2.37. The summed E-state index contributed by atoms with van der Waals surface area (Å²) in [5.41, 5.74) is -0.889. The predicted molar refractivity (Wildman–Crippen MR) is 57.1 cm³/mol. The van der Waals surface area contributed by atoms with Crippen LogP contribution in [0, 0.1) is 0 Å². The van der Waals surface area contributed by atoms with Gasteiger partial charge in [-0.2, -0.15) is 0 Å². The van der Waals surface area contributed by atoms with Crippen LogP contribution in [0.2, 0.25) is 0 Å². The Morgan fingerprint density at radius 2 is 2.17 bits per heavy atom. The van der Waals surface area contributed by atoms with Crippen molar-refractivity contribution < 1.29 is 27.8 Å². The van der Waals surface area contributed by atoms with Crippen molar-refractivity contribution in [1.82, 2.24) is 0 Å². The molecule has 1 aliphatic heterocycles. The lowest BCUT2D eigenvalue weighted by Crippen LogP contribution is -2.33. The average molecular weight is 262 g/mol. The van der Waals surface area contributed by atoms with Gasteiger partial charge in [0.1, 0.15) is 11.4 Å². The predicted octanol–water partition coefficient (Wildman–Crippen LogP) is 2.58. The number of hydrogen-bond donors (Lipinski definition) is 1. The van der Waals surface area contributed by atoms with Crippen LogP contribution in [0.15, 0.2) is 24.3 Å². The van der Waals surface area contributed by atoms with Crippen molar-refractivity contribution in [2.75, 3.05) is 6.61 Å². The number of alkyl halides is 3. The molecular weight excluding hydrogens is 249 g/mol. The molecule has 1 heterocycles. The Kier molecular flexibility index (Phi) is 3.25. The molecule has 1 N–H and O–H groups in total. The van der Waals surface area contributed by atoms with Gasteiger partial charge in [0, 0.05) is 6.42 Å². The summed E-state index contributed by atoms with van der Waals surface area (Å²) in [6.07, 6.45) is -4.85.